The predicted molar refractivity (Wildman–Crippen MR) is 92.8 cm³/mol. The van der Waals surface area contributed by atoms with Gasteiger partial charge in [0.1, 0.15) is 5.69 Å². The molecule has 2 atom stereocenters. The van der Waals surface area contributed by atoms with Crippen LogP contribution in [0.5, 0.6) is 0 Å². The molecule has 1 aliphatic rings. The molecule has 6 heteroatoms. The lowest BCUT2D eigenvalue weighted by atomic mass is 9.89. The maximum Gasteiger partial charge on any atom is 0.272 e. The predicted octanol–water partition coefficient (Wildman–Crippen LogP) is 1.96. The van der Waals surface area contributed by atoms with Crippen molar-refractivity contribution in [2.75, 3.05) is 19.6 Å². The Morgan fingerprint density at radius 2 is 2.00 bits per heavy atom. The fraction of sp³-hybridized carbons (Fsp3) is 0.412. The lowest BCUT2D eigenvalue weighted by Gasteiger charge is -2.16. The van der Waals surface area contributed by atoms with E-state index in [0.29, 0.717) is 30.6 Å². The molecule has 0 aliphatic carbocycles. The van der Waals surface area contributed by atoms with Crippen molar-refractivity contribution in [1.82, 2.24) is 14.7 Å². The number of benzene rings is 1. The third-order valence-corrected chi connectivity index (χ3v) is 4.48. The molecule has 0 bridgehead atoms. The van der Waals surface area contributed by atoms with Crippen LogP contribution in [0.4, 0.5) is 0 Å². The Labute approximate surface area is 142 Å². The van der Waals surface area contributed by atoms with Gasteiger partial charge in [0, 0.05) is 26.1 Å². The van der Waals surface area contributed by atoms with Gasteiger partial charge in [0.05, 0.1) is 5.69 Å². The third kappa shape index (κ3) is 3.41. The van der Waals surface area contributed by atoms with Gasteiger partial charge < -0.3 is 10.6 Å². The first-order chi connectivity index (χ1) is 10.6. The van der Waals surface area contributed by atoms with E-state index in [1.54, 1.807) is 4.68 Å². The van der Waals surface area contributed by atoms with Crippen LogP contribution in [-0.2, 0) is 7.05 Å². The van der Waals surface area contributed by atoms with Crippen molar-refractivity contribution >= 4 is 18.3 Å². The molecule has 23 heavy (non-hydrogen) atoms. The average molecular weight is 335 g/mol. The highest BCUT2D eigenvalue weighted by Gasteiger charge is 2.36. The summed E-state index contributed by atoms with van der Waals surface area (Å²) in [6.07, 6.45) is 0. The summed E-state index contributed by atoms with van der Waals surface area (Å²) in [5, 5.41) is 4.26. The molecule has 124 valence electrons. The molecule has 0 saturated carbocycles. The van der Waals surface area contributed by atoms with Gasteiger partial charge in [-0.05, 0) is 31.0 Å². The maximum absolute atomic E-state index is 12.7. The van der Waals surface area contributed by atoms with E-state index >= 15 is 0 Å². The van der Waals surface area contributed by atoms with Crippen molar-refractivity contribution in [2.24, 2.45) is 18.7 Å². The number of nitrogens with zero attached hydrogens (tertiary/aromatic N) is 3. The summed E-state index contributed by atoms with van der Waals surface area (Å²) in [5.41, 5.74) is 8.70. The third-order valence-electron chi connectivity index (χ3n) is 4.48. The number of carbonyl (C=O) groups excluding carboxylic acids is 1. The quantitative estimate of drug-likeness (QED) is 0.933. The van der Waals surface area contributed by atoms with Gasteiger partial charge in [-0.25, -0.2) is 0 Å². The van der Waals surface area contributed by atoms with Gasteiger partial charge in [0.2, 0.25) is 0 Å². The normalized spacial score (nSPS) is 20.4. The summed E-state index contributed by atoms with van der Waals surface area (Å²) in [5.74, 6) is 0.658. The van der Waals surface area contributed by atoms with Crippen molar-refractivity contribution in [1.29, 1.82) is 0 Å². The smallest absolute Gasteiger partial charge is 0.272 e. The second kappa shape index (κ2) is 7.15. The van der Waals surface area contributed by atoms with Crippen molar-refractivity contribution in [3.8, 4) is 0 Å². The van der Waals surface area contributed by atoms with E-state index in [1.807, 2.05) is 43.1 Å². The minimum Gasteiger partial charge on any atom is -0.336 e. The Hall–Kier alpha value is -1.85. The van der Waals surface area contributed by atoms with Crippen molar-refractivity contribution in [2.45, 2.75) is 12.8 Å². The minimum atomic E-state index is 0. The second-order valence-electron chi connectivity index (χ2n) is 6.02. The number of rotatable bonds is 3. The highest BCUT2D eigenvalue weighted by molar-refractivity contribution is 5.93. The lowest BCUT2D eigenvalue weighted by Crippen LogP contribution is -2.31. The molecule has 1 aromatic heterocycles. The monoisotopic (exact) mass is 334 g/mol. The molecule has 0 unspecified atom stereocenters. The SMILES string of the molecule is Cc1cc(C(=O)N2C[C@@H](CN)[C@H](c3ccccc3)C2)n(C)n1.Cl. The largest absolute Gasteiger partial charge is 0.336 e. The van der Waals surface area contributed by atoms with Crippen LogP contribution in [0.15, 0.2) is 36.4 Å². The summed E-state index contributed by atoms with van der Waals surface area (Å²) < 4.78 is 1.66. The number of nitrogens with two attached hydrogens (primary N) is 1. The van der Waals surface area contributed by atoms with E-state index in [-0.39, 0.29) is 18.3 Å². The van der Waals surface area contributed by atoms with Gasteiger partial charge in [-0.2, -0.15) is 5.10 Å². The zero-order chi connectivity index (χ0) is 15.7. The van der Waals surface area contributed by atoms with Crippen molar-refractivity contribution < 1.29 is 4.79 Å². The highest BCUT2D eigenvalue weighted by Crippen LogP contribution is 2.32. The van der Waals surface area contributed by atoms with Crippen LogP contribution in [0.25, 0.3) is 0 Å². The van der Waals surface area contributed by atoms with Crippen LogP contribution in [0.1, 0.15) is 27.7 Å². The molecular formula is C17H23ClN4O. The molecule has 2 heterocycles. The number of halogens is 1. The van der Waals surface area contributed by atoms with Crippen LogP contribution in [0.2, 0.25) is 0 Å². The molecular weight excluding hydrogens is 312 g/mol. The number of aromatic nitrogens is 2. The Kier molecular flexibility index (Phi) is 5.44. The Bertz CT molecular complexity index is 670. The number of amides is 1. The zero-order valence-corrected chi connectivity index (χ0v) is 14.3. The molecule has 3 rings (SSSR count). The standard InChI is InChI=1S/C17H22N4O.ClH/c1-12-8-16(20(2)19-12)17(22)21-10-14(9-18)15(11-21)13-6-4-3-5-7-13;/h3-8,14-15H,9-11,18H2,1-2H3;1H/t14-,15+;/m1./s1. The van der Waals surface area contributed by atoms with Gasteiger partial charge in [0.15, 0.2) is 0 Å². The first-order valence-electron chi connectivity index (χ1n) is 7.65. The maximum atomic E-state index is 12.7. The zero-order valence-electron chi connectivity index (χ0n) is 13.5. The van der Waals surface area contributed by atoms with E-state index < -0.39 is 0 Å². The van der Waals surface area contributed by atoms with E-state index in [1.165, 1.54) is 5.56 Å². The summed E-state index contributed by atoms with van der Waals surface area (Å²) in [6.45, 7) is 3.91. The number of hydrogen-bond acceptors (Lipinski definition) is 3. The van der Waals surface area contributed by atoms with Crippen LogP contribution in [0, 0.1) is 12.8 Å². The number of aryl methyl sites for hydroxylation is 2. The lowest BCUT2D eigenvalue weighted by molar-refractivity contribution is 0.0775. The first kappa shape index (κ1) is 17.5. The van der Waals surface area contributed by atoms with Gasteiger partial charge in [-0.15, -0.1) is 12.4 Å². The summed E-state index contributed by atoms with van der Waals surface area (Å²) in [4.78, 5) is 14.7. The Morgan fingerprint density at radius 1 is 1.30 bits per heavy atom. The summed E-state index contributed by atoms with van der Waals surface area (Å²) in [7, 11) is 1.81. The van der Waals surface area contributed by atoms with Crippen molar-refractivity contribution in [3.05, 3.63) is 53.3 Å². The number of carbonyl (C=O) groups is 1. The van der Waals surface area contributed by atoms with Gasteiger partial charge in [0.25, 0.3) is 5.91 Å². The molecule has 1 aliphatic heterocycles. The van der Waals surface area contributed by atoms with Crippen LogP contribution < -0.4 is 5.73 Å². The fourth-order valence-electron chi connectivity index (χ4n) is 3.33. The van der Waals surface area contributed by atoms with Crippen LogP contribution in [0.3, 0.4) is 0 Å². The van der Waals surface area contributed by atoms with E-state index in [0.717, 1.165) is 12.2 Å². The average Bonchev–Trinajstić information content (AvgIpc) is 3.10. The van der Waals surface area contributed by atoms with Gasteiger partial charge in [-0.3, -0.25) is 9.48 Å². The minimum absolute atomic E-state index is 0. The molecule has 1 amide bonds. The molecule has 2 aromatic rings. The molecule has 0 radical (unpaired) electrons. The molecule has 1 fully saturated rings. The Balaban J connectivity index is 0.00000192. The van der Waals surface area contributed by atoms with Crippen LogP contribution in [-0.4, -0.2) is 40.2 Å². The molecule has 1 aromatic carbocycles. The van der Waals surface area contributed by atoms with Crippen molar-refractivity contribution in [3.63, 3.8) is 0 Å². The molecule has 1 saturated heterocycles. The fourth-order valence-corrected chi connectivity index (χ4v) is 3.33. The second-order valence-corrected chi connectivity index (χ2v) is 6.02. The topological polar surface area (TPSA) is 64.2 Å². The number of hydrogen-bond donors (Lipinski definition) is 1. The van der Waals surface area contributed by atoms with Gasteiger partial charge in [-0.1, -0.05) is 30.3 Å². The van der Waals surface area contributed by atoms with Crippen LogP contribution >= 0.6 is 12.4 Å². The highest BCUT2D eigenvalue weighted by atomic mass is 35.5. The Morgan fingerprint density at radius 3 is 2.57 bits per heavy atom. The molecule has 2 N–H and O–H groups in total. The summed E-state index contributed by atoms with van der Waals surface area (Å²) in [6, 6.07) is 12.2. The van der Waals surface area contributed by atoms with E-state index in [2.05, 4.69) is 17.2 Å². The molecule has 5 nitrogen and oxygen atoms in total. The number of likely N-dealkylation sites (tertiary alicyclic amines) is 1. The van der Waals surface area contributed by atoms with E-state index in [9.17, 15) is 4.79 Å². The van der Waals surface area contributed by atoms with Gasteiger partial charge >= 0.3 is 0 Å². The summed E-state index contributed by atoms with van der Waals surface area (Å²) >= 11 is 0. The molecule has 0 spiro atoms. The van der Waals surface area contributed by atoms with E-state index in [4.69, 9.17) is 5.73 Å². The first-order valence-corrected chi connectivity index (χ1v) is 7.65.